The summed E-state index contributed by atoms with van der Waals surface area (Å²) in [4.78, 5) is 15.1. The van der Waals surface area contributed by atoms with Gasteiger partial charge in [-0.25, -0.2) is 4.68 Å². The summed E-state index contributed by atoms with van der Waals surface area (Å²) in [5, 5.41) is 4.66. The Hall–Kier alpha value is -3.08. The van der Waals surface area contributed by atoms with Crippen LogP contribution in [0.1, 0.15) is 23.9 Å². The Morgan fingerprint density at radius 3 is 2.59 bits per heavy atom. The first-order valence-corrected chi connectivity index (χ1v) is 9.20. The van der Waals surface area contributed by atoms with Gasteiger partial charge in [-0.05, 0) is 45.0 Å². The second-order valence-electron chi connectivity index (χ2n) is 6.96. The maximum absolute atomic E-state index is 13.2. The summed E-state index contributed by atoms with van der Waals surface area (Å²) in [5.41, 5.74) is 4.72. The average Bonchev–Trinajstić information content (AvgIpc) is 2.96. The number of para-hydroxylation sites is 3. The molecule has 1 aromatic heterocycles. The van der Waals surface area contributed by atoms with Crippen LogP contribution in [0.4, 0.5) is 5.69 Å². The Morgan fingerprint density at radius 1 is 1.11 bits per heavy atom. The van der Waals surface area contributed by atoms with Gasteiger partial charge in [0.2, 0.25) is 5.91 Å². The van der Waals surface area contributed by atoms with Crippen molar-refractivity contribution in [2.24, 2.45) is 0 Å². The van der Waals surface area contributed by atoms with E-state index in [-0.39, 0.29) is 11.9 Å². The normalized spacial score (nSPS) is 16.0. The molecule has 0 fully saturated rings. The fraction of sp³-hybridized carbons (Fsp3) is 0.273. The molecule has 5 heteroatoms. The molecule has 0 bridgehead atoms. The lowest BCUT2D eigenvalue weighted by Crippen LogP contribution is -2.45. The topological polar surface area (TPSA) is 47.4 Å². The van der Waals surface area contributed by atoms with Crippen molar-refractivity contribution in [1.82, 2.24) is 9.78 Å². The van der Waals surface area contributed by atoms with Gasteiger partial charge in [-0.15, -0.1) is 0 Å². The smallest absolute Gasteiger partial charge is 0.232 e. The van der Waals surface area contributed by atoms with Gasteiger partial charge in [-0.3, -0.25) is 4.79 Å². The van der Waals surface area contributed by atoms with Gasteiger partial charge in [-0.1, -0.05) is 30.3 Å². The van der Waals surface area contributed by atoms with Crippen LogP contribution in [-0.4, -0.2) is 28.3 Å². The van der Waals surface area contributed by atoms with Crippen molar-refractivity contribution >= 4 is 11.6 Å². The third-order valence-electron chi connectivity index (χ3n) is 5.08. The van der Waals surface area contributed by atoms with Crippen LogP contribution in [0.5, 0.6) is 5.75 Å². The van der Waals surface area contributed by atoms with E-state index >= 15 is 0 Å². The Kier molecular flexibility index (Phi) is 4.44. The van der Waals surface area contributed by atoms with E-state index in [4.69, 9.17) is 4.74 Å². The number of hydrogen-bond acceptors (Lipinski definition) is 3. The molecule has 27 heavy (non-hydrogen) atoms. The van der Waals surface area contributed by atoms with Gasteiger partial charge in [0.15, 0.2) is 0 Å². The highest BCUT2D eigenvalue weighted by atomic mass is 16.5. The van der Waals surface area contributed by atoms with Crippen LogP contribution >= 0.6 is 0 Å². The van der Waals surface area contributed by atoms with E-state index in [0.717, 1.165) is 34.1 Å². The number of carbonyl (C=O) groups excluding carboxylic acids is 1. The number of carbonyl (C=O) groups is 1. The molecule has 2 heterocycles. The maximum Gasteiger partial charge on any atom is 0.232 e. The summed E-state index contributed by atoms with van der Waals surface area (Å²) in [6.07, 6.45) is 0.323. The Bertz CT molecular complexity index is 978. The summed E-state index contributed by atoms with van der Waals surface area (Å²) in [6.45, 7) is 6.50. The van der Waals surface area contributed by atoms with Crippen molar-refractivity contribution in [3.8, 4) is 11.4 Å². The highest BCUT2D eigenvalue weighted by Gasteiger charge is 2.30. The molecule has 4 rings (SSSR count). The van der Waals surface area contributed by atoms with Gasteiger partial charge < -0.3 is 9.64 Å². The number of benzene rings is 2. The van der Waals surface area contributed by atoms with E-state index in [2.05, 4.69) is 5.10 Å². The fourth-order valence-electron chi connectivity index (χ4n) is 3.67. The first kappa shape index (κ1) is 17.3. The minimum absolute atomic E-state index is 0.00261. The first-order valence-electron chi connectivity index (χ1n) is 9.20. The van der Waals surface area contributed by atoms with Gasteiger partial charge in [0, 0.05) is 11.3 Å². The van der Waals surface area contributed by atoms with Crippen LogP contribution in [0.2, 0.25) is 0 Å². The van der Waals surface area contributed by atoms with Crippen molar-refractivity contribution < 1.29 is 9.53 Å². The maximum atomic E-state index is 13.2. The predicted molar refractivity (Wildman–Crippen MR) is 106 cm³/mol. The van der Waals surface area contributed by atoms with Gasteiger partial charge >= 0.3 is 0 Å². The zero-order valence-corrected chi connectivity index (χ0v) is 15.8. The van der Waals surface area contributed by atoms with Crippen molar-refractivity contribution in [3.63, 3.8) is 0 Å². The molecular weight excluding hydrogens is 338 g/mol. The molecule has 2 aromatic carbocycles. The Labute approximate surface area is 159 Å². The quantitative estimate of drug-likeness (QED) is 0.712. The van der Waals surface area contributed by atoms with Crippen LogP contribution in [0.25, 0.3) is 5.69 Å². The zero-order valence-electron chi connectivity index (χ0n) is 15.8. The number of amides is 1. The Balaban J connectivity index is 1.65. The molecule has 0 saturated heterocycles. The van der Waals surface area contributed by atoms with Crippen LogP contribution in [-0.2, 0) is 11.2 Å². The van der Waals surface area contributed by atoms with Crippen LogP contribution in [0.15, 0.2) is 54.6 Å². The SMILES string of the molecule is Cc1nn(-c2ccccc2)c(C)c1CC(=O)N1c2ccccc2OCC1C. The summed E-state index contributed by atoms with van der Waals surface area (Å²) in [6, 6.07) is 17.7. The molecule has 1 unspecified atom stereocenters. The number of aromatic nitrogens is 2. The number of fused-ring (bicyclic) bond motifs is 1. The number of rotatable bonds is 3. The summed E-state index contributed by atoms with van der Waals surface area (Å²) in [5.74, 6) is 0.828. The second-order valence-corrected chi connectivity index (χ2v) is 6.96. The van der Waals surface area contributed by atoms with E-state index in [1.165, 1.54) is 0 Å². The second kappa shape index (κ2) is 6.91. The van der Waals surface area contributed by atoms with E-state index in [0.29, 0.717) is 13.0 Å². The molecule has 0 spiro atoms. The minimum Gasteiger partial charge on any atom is -0.489 e. The number of hydrogen-bond donors (Lipinski definition) is 0. The monoisotopic (exact) mass is 361 g/mol. The summed E-state index contributed by atoms with van der Waals surface area (Å²) in [7, 11) is 0. The minimum atomic E-state index is -0.00261. The molecule has 5 nitrogen and oxygen atoms in total. The fourth-order valence-corrected chi connectivity index (χ4v) is 3.67. The lowest BCUT2D eigenvalue weighted by atomic mass is 10.1. The lowest BCUT2D eigenvalue weighted by Gasteiger charge is -2.35. The van der Waals surface area contributed by atoms with Crippen molar-refractivity contribution in [2.75, 3.05) is 11.5 Å². The third-order valence-corrected chi connectivity index (χ3v) is 5.08. The molecule has 0 saturated carbocycles. The van der Waals surface area contributed by atoms with Gasteiger partial charge in [0.25, 0.3) is 0 Å². The molecule has 0 radical (unpaired) electrons. The van der Waals surface area contributed by atoms with Gasteiger partial charge in [0.1, 0.15) is 12.4 Å². The van der Waals surface area contributed by atoms with Crippen molar-refractivity contribution in [2.45, 2.75) is 33.2 Å². The summed E-state index contributed by atoms with van der Waals surface area (Å²) >= 11 is 0. The molecule has 1 amide bonds. The highest BCUT2D eigenvalue weighted by molar-refractivity contribution is 5.97. The van der Waals surface area contributed by atoms with Crippen molar-refractivity contribution in [3.05, 3.63) is 71.5 Å². The van der Waals surface area contributed by atoms with Crippen LogP contribution in [0, 0.1) is 13.8 Å². The molecule has 1 atom stereocenters. The first-order chi connectivity index (χ1) is 13.1. The highest BCUT2D eigenvalue weighted by Crippen LogP contribution is 2.34. The van der Waals surface area contributed by atoms with E-state index < -0.39 is 0 Å². The number of nitrogens with zero attached hydrogens (tertiary/aromatic N) is 3. The molecule has 1 aliphatic rings. The molecule has 0 aliphatic carbocycles. The van der Waals surface area contributed by atoms with Crippen LogP contribution in [0.3, 0.4) is 0 Å². The molecular formula is C22H23N3O2. The third kappa shape index (κ3) is 3.10. The molecule has 138 valence electrons. The average molecular weight is 361 g/mol. The van der Waals surface area contributed by atoms with E-state index in [1.807, 2.05) is 85.0 Å². The van der Waals surface area contributed by atoms with Gasteiger partial charge in [-0.2, -0.15) is 5.10 Å². The van der Waals surface area contributed by atoms with Gasteiger partial charge in [0.05, 0.1) is 29.5 Å². The lowest BCUT2D eigenvalue weighted by molar-refractivity contribution is -0.118. The Morgan fingerprint density at radius 2 is 1.81 bits per heavy atom. The van der Waals surface area contributed by atoms with Crippen molar-refractivity contribution in [1.29, 1.82) is 0 Å². The number of aryl methyl sites for hydroxylation is 1. The van der Waals surface area contributed by atoms with Crippen LogP contribution < -0.4 is 9.64 Å². The zero-order chi connectivity index (χ0) is 19.0. The van der Waals surface area contributed by atoms with E-state index in [9.17, 15) is 4.79 Å². The molecule has 3 aromatic rings. The standard InChI is InChI=1S/C22H23N3O2/c1-15-14-27-21-12-8-7-11-20(21)24(15)22(26)13-19-16(2)23-25(17(19)3)18-9-5-4-6-10-18/h4-12,15H,13-14H2,1-3H3. The number of anilines is 1. The summed E-state index contributed by atoms with van der Waals surface area (Å²) < 4.78 is 7.68. The number of ether oxygens (including phenoxy) is 1. The molecule has 0 N–H and O–H groups in total. The molecule has 1 aliphatic heterocycles. The van der Waals surface area contributed by atoms with E-state index in [1.54, 1.807) is 0 Å². The largest absolute Gasteiger partial charge is 0.489 e. The predicted octanol–water partition coefficient (Wildman–Crippen LogP) is 3.85.